The molecule has 0 aromatic rings. The molecule has 0 saturated heterocycles. The van der Waals surface area contributed by atoms with Gasteiger partial charge in [0.2, 0.25) is 0 Å². The highest BCUT2D eigenvalue weighted by atomic mass is 13.9. The molecule has 0 N–H and O–H groups in total. The van der Waals surface area contributed by atoms with Gasteiger partial charge in [0, 0.05) is 0 Å². The fourth-order valence-electron chi connectivity index (χ4n) is 2.42. The largest absolute Gasteiger partial charge is 0.0917 e. The van der Waals surface area contributed by atoms with Crippen molar-refractivity contribution in [3.8, 4) is 0 Å². The quantitative estimate of drug-likeness (QED) is 0.223. The molecular weight excluding hydrogens is 252 g/mol. The molecule has 0 rings (SSSR count). The summed E-state index contributed by atoms with van der Waals surface area (Å²) >= 11 is 0. The average molecular weight is 297 g/mol. The van der Waals surface area contributed by atoms with Gasteiger partial charge in [-0.3, -0.25) is 0 Å². The molecule has 0 heteroatoms. The maximum atomic E-state index is 2.27. The molecule has 0 aliphatic rings. The Kier molecular flexibility index (Phi) is 27.1. The highest BCUT2D eigenvalue weighted by molar-refractivity contribution is 4.76. The number of hydrogen-bond donors (Lipinski definition) is 0. The second-order valence-electron chi connectivity index (χ2n) is 6.25. The van der Waals surface area contributed by atoms with E-state index >= 15 is 0 Å². The maximum Gasteiger partial charge on any atom is -0.0351 e. The Morgan fingerprint density at radius 3 is 1.14 bits per heavy atom. The first-order chi connectivity index (χ1) is 10.3. The summed E-state index contributed by atoms with van der Waals surface area (Å²) < 4.78 is 0. The summed E-state index contributed by atoms with van der Waals surface area (Å²) in [5.74, 6) is 0. The van der Waals surface area contributed by atoms with Gasteiger partial charge in [-0.15, -0.1) is 0 Å². The van der Waals surface area contributed by atoms with E-state index < -0.39 is 0 Å². The van der Waals surface area contributed by atoms with Crippen LogP contribution >= 0.6 is 0 Å². The van der Waals surface area contributed by atoms with E-state index in [1.165, 1.54) is 96.3 Å². The predicted molar refractivity (Wildman–Crippen MR) is 101 cm³/mol. The van der Waals surface area contributed by atoms with Crippen LogP contribution in [0.4, 0.5) is 0 Å². The number of rotatable bonds is 14. The Morgan fingerprint density at radius 2 is 0.810 bits per heavy atom. The second-order valence-corrected chi connectivity index (χ2v) is 6.25. The van der Waals surface area contributed by atoms with Crippen molar-refractivity contribution in [3.05, 3.63) is 12.2 Å². The molecule has 0 amide bonds. The van der Waals surface area contributed by atoms with E-state index in [0.29, 0.717) is 0 Å². The van der Waals surface area contributed by atoms with Crippen molar-refractivity contribution in [1.29, 1.82) is 0 Å². The Balaban J connectivity index is 0. The van der Waals surface area contributed by atoms with Crippen LogP contribution in [0, 0.1) is 0 Å². The zero-order valence-electron chi connectivity index (χ0n) is 15.8. The monoisotopic (exact) mass is 296 g/mol. The summed E-state index contributed by atoms with van der Waals surface area (Å²) in [7, 11) is 0. The van der Waals surface area contributed by atoms with E-state index in [2.05, 4.69) is 39.8 Å². The molecule has 0 aliphatic carbocycles. The van der Waals surface area contributed by atoms with Gasteiger partial charge in [-0.25, -0.2) is 0 Å². The third-order valence-electron chi connectivity index (χ3n) is 3.92. The van der Waals surface area contributed by atoms with Crippen LogP contribution in [-0.2, 0) is 0 Å². The molecular formula is C21H44. The lowest BCUT2D eigenvalue weighted by Gasteiger charge is -1.97. The molecule has 21 heavy (non-hydrogen) atoms. The van der Waals surface area contributed by atoms with Gasteiger partial charge in [-0.05, 0) is 19.8 Å². The Labute approximate surface area is 136 Å². The van der Waals surface area contributed by atoms with Crippen molar-refractivity contribution >= 4 is 0 Å². The van der Waals surface area contributed by atoms with Crippen LogP contribution in [0.25, 0.3) is 0 Å². The molecule has 0 nitrogen and oxygen atoms in total. The molecule has 0 fully saturated rings. The van der Waals surface area contributed by atoms with Gasteiger partial charge in [0.25, 0.3) is 0 Å². The number of hydrogen-bond acceptors (Lipinski definition) is 0. The van der Waals surface area contributed by atoms with Crippen LogP contribution in [0.15, 0.2) is 12.2 Å². The van der Waals surface area contributed by atoms with E-state index in [1.807, 2.05) is 0 Å². The second kappa shape index (κ2) is 24.7. The van der Waals surface area contributed by atoms with Crippen molar-refractivity contribution in [2.45, 2.75) is 124 Å². The molecule has 0 heterocycles. The van der Waals surface area contributed by atoms with E-state index in [4.69, 9.17) is 0 Å². The summed E-state index contributed by atoms with van der Waals surface area (Å²) in [6.07, 6.45) is 25.6. The lowest BCUT2D eigenvalue weighted by Crippen LogP contribution is -1.77. The third kappa shape index (κ3) is 28.6. The highest BCUT2D eigenvalue weighted by Gasteiger charge is 1.88. The van der Waals surface area contributed by atoms with E-state index in [0.717, 1.165) is 0 Å². The van der Waals surface area contributed by atoms with Gasteiger partial charge >= 0.3 is 0 Å². The summed E-state index contributed by atoms with van der Waals surface area (Å²) in [5, 5.41) is 0. The fourth-order valence-corrected chi connectivity index (χ4v) is 2.42. The third-order valence-corrected chi connectivity index (χ3v) is 3.92. The minimum absolute atomic E-state index is 1.28. The molecule has 0 saturated carbocycles. The maximum absolute atomic E-state index is 2.27. The summed E-state index contributed by atoms with van der Waals surface area (Å²) in [6, 6.07) is 0. The minimum atomic E-state index is 1.28. The van der Waals surface area contributed by atoms with Crippen LogP contribution in [0.1, 0.15) is 124 Å². The van der Waals surface area contributed by atoms with Gasteiger partial charge in [-0.2, -0.15) is 0 Å². The van der Waals surface area contributed by atoms with Crippen LogP contribution < -0.4 is 0 Å². The zero-order chi connectivity index (χ0) is 16.0. The molecule has 0 spiro atoms. The zero-order valence-corrected chi connectivity index (χ0v) is 15.8. The molecule has 0 aromatic carbocycles. The first-order valence-corrected chi connectivity index (χ1v) is 9.94. The van der Waals surface area contributed by atoms with Crippen molar-refractivity contribution in [1.82, 2.24) is 0 Å². The summed E-state index contributed by atoms with van der Waals surface area (Å²) in [6.45, 7) is 8.90. The van der Waals surface area contributed by atoms with Crippen molar-refractivity contribution < 1.29 is 0 Å². The molecule has 0 radical (unpaired) electrons. The number of allylic oxidation sites excluding steroid dienone is 2. The van der Waals surface area contributed by atoms with Gasteiger partial charge in [0.15, 0.2) is 0 Å². The Morgan fingerprint density at radius 1 is 0.476 bits per heavy atom. The number of unbranched alkanes of at least 4 members (excludes halogenated alkanes) is 13. The molecule has 0 aromatic heterocycles. The lowest BCUT2D eigenvalue weighted by atomic mass is 10.1. The summed E-state index contributed by atoms with van der Waals surface area (Å²) in [4.78, 5) is 0. The van der Waals surface area contributed by atoms with Crippen LogP contribution in [0.5, 0.6) is 0 Å². The Hall–Kier alpha value is -0.260. The standard InChI is InChI=1S/C11H22.C10H22/c1-3-5-7-9-11-10-8-6-4-2;1-3-5-7-9-10-8-6-4-2/h3,5H,4,6-11H2,1-2H3;3-10H2,1-2H3/b5-3-;. The first kappa shape index (κ1) is 23.0. The van der Waals surface area contributed by atoms with Gasteiger partial charge in [-0.1, -0.05) is 116 Å². The van der Waals surface area contributed by atoms with Crippen LogP contribution in [0.3, 0.4) is 0 Å². The van der Waals surface area contributed by atoms with Gasteiger partial charge in [0.05, 0.1) is 0 Å². The minimum Gasteiger partial charge on any atom is -0.0917 e. The molecule has 0 atom stereocenters. The average Bonchev–Trinajstić information content (AvgIpc) is 2.51. The SMILES string of the molecule is C/C=C\CCCCCCCC.CCCCCCCCCC. The van der Waals surface area contributed by atoms with Crippen molar-refractivity contribution in [3.63, 3.8) is 0 Å². The van der Waals surface area contributed by atoms with Crippen LogP contribution in [0.2, 0.25) is 0 Å². The van der Waals surface area contributed by atoms with E-state index in [1.54, 1.807) is 0 Å². The molecule has 128 valence electrons. The van der Waals surface area contributed by atoms with Gasteiger partial charge in [0.1, 0.15) is 0 Å². The normalized spacial score (nSPS) is 10.7. The van der Waals surface area contributed by atoms with Crippen LogP contribution in [-0.4, -0.2) is 0 Å². The molecule has 0 bridgehead atoms. The lowest BCUT2D eigenvalue weighted by molar-refractivity contribution is 0.585. The van der Waals surface area contributed by atoms with Gasteiger partial charge < -0.3 is 0 Å². The van der Waals surface area contributed by atoms with E-state index in [-0.39, 0.29) is 0 Å². The van der Waals surface area contributed by atoms with Crippen molar-refractivity contribution in [2.24, 2.45) is 0 Å². The van der Waals surface area contributed by atoms with E-state index in [9.17, 15) is 0 Å². The topological polar surface area (TPSA) is 0 Å². The molecule has 0 unspecified atom stereocenters. The summed E-state index contributed by atoms with van der Waals surface area (Å²) in [5.41, 5.74) is 0. The Bertz CT molecular complexity index is 161. The first-order valence-electron chi connectivity index (χ1n) is 9.94. The predicted octanol–water partition coefficient (Wildman–Crippen LogP) is 8.46. The highest BCUT2D eigenvalue weighted by Crippen LogP contribution is 2.08. The van der Waals surface area contributed by atoms with Crippen molar-refractivity contribution in [2.75, 3.05) is 0 Å². The molecule has 0 aliphatic heterocycles. The fraction of sp³-hybridized carbons (Fsp3) is 0.905. The smallest absolute Gasteiger partial charge is 0.0351 e.